The Bertz CT molecular complexity index is 1370. The lowest BCUT2D eigenvalue weighted by atomic mass is 10.1. The Kier molecular flexibility index (Phi) is 7.78. The smallest absolute Gasteiger partial charge is 0.410 e. The summed E-state index contributed by atoms with van der Waals surface area (Å²) in [6, 6.07) is 11.6. The predicted octanol–water partition coefficient (Wildman–Crippen LogP) is 2.75. The van der Waals surface area contributed by atoms with E-state index in [1.165, 1.54) is 11.1 Å². The molecule has 0 saturated carbocycles. The molecule has 12 heteroatoms. The Hall–Kier alpha value is -4.06. The van der Waals surface area contributed by atoms with Crippen LogP contribution in [0.2, 0.25) is 0 Å². The molecule has 4 heterocycles. The van der Waals surface area contributed by atoms with E-state index in [4.69, 9.17) is 9.57 Å². The van der Waals surface area contributed by atoms with Crippen molar-refractivity contribution in [1.29, 1.82) is 0 Å². The van der Waals surface area contributed by atoms with Crippen molar-refractivity contribution in [3.05, 3.63) is 72.2 Å². The summed E-state index contributed by atoms with van der Waals surface area (Å²) in [6.07, 6.45) is 4.52. The van der Waals surface area contributed by atoms with Crippen molar-refractivity contribution in [2.75, 3.05) is 13.1 Å². The van der Waals surface area contributed by atoms with Gasteiger partial charge in [-0.05, 0) is 46.6 Å². The fourth-order valence-corrected chi connectivity index (χ4v) is 4.86. The lowest BCUT2D eigenvalue weighted by molar-refractivity contribution is -0.125. The molecule has 2 aliphatic heterocycles. The van der Waals surface area contributed by atoms with Crippen LogP contribution in [0.5, 0.6) is 0 Å². The van der Waals surface area contributed by atoms with Gasteiger partial charge in [-0.3, -0.25) is 24.5 Å². The summed E-state index contributed by atoms with van der Waals surface area (Å²) in [5, 5.41) is 10.5. The van der Waals surface area contributed by atoms with Crippen LogP contribution in [0.1, 0.15) is 28.8 Å². The van der Waals surface area contributed by atoms with Gasteiger partial charge in [0.05, 0.1) is 17.6 Å². The van der Waals surface area contributed by atoms with Crippen LogP contribution in [0.4, 0.5) is 4.79 Å². The molecule has 2 aromatic heterocycles. The largest absolute Gasteiger partial charge is 0.444 e. The highest BCUT2D eigenvalue weighted by molar-refractivity contribution is 9.18. The van der Waals surface area contributed by atoms with E-state index in [1.807, 2.05) is 30.3 Å². The van der Waals surface area contributed by atoms with E-state index >= 15 is 0 Å². The number of carbonyl (C=O) groups excluding carboxylic acids is 3. The summed E-state index contributed by atoms with van der Waals surface area (Å²) in [5.74, 6) is -0.694. The second kappa shape index (κ2) is 11.5. The van der Waals surface area contributed by atoms with E-state index in [0.29, 0.717) is 16.6 Å². The summed E-state index contributed by atoms with van der Waals surface area (Å²) < 4.78 is 6.24. The molecule has 0 spiro atoms. The Morgan fingerprint density at radius 1 is 1.16 bits per heavy atom. The molecule has 0 radical (unpaired) electrons. The number of aromatic nitrogens is 2. The van der Waals surface area contributed by atoms with Crippen LogP contribution in [-0.2, 0) is 21.0 Å². The van der Waals surface area contributed by atoms with Gasteiger partial charge in [-0.1, -0.05) is 23.4 Å². The summed E-state index contributed by atoms with van der Waals surface area (Å²) in [4.78, 5) is 53.9. The molecular weight excluding hydrogens is 556 g/mol. The number of fused-ring (bicyclic) bond motifs is 1. The second-order valence-corrected chi connectivity index (χ2v) is 9.97. The highest BCUT2D eigenvalue weighted by Gasteiger charge is 2.41. The normalized spacial score (nSPS) is 20.5. The number of nitrogens with one attached hydrogen (secondary N) is 2. The zero-order valence-corrected chi connectivity index (χ0v) is 21.8. The van der Waals surface area contributed by atoms with Crippen LogP contribution in [0.25, 0.3) is 10.9 Å². The molecule has 11 nitrogen and oxygen atoms in total. The van der Waals surface area contributed by atoms with Gasteiger partial charge in [-0.2, -0.15) is 0 Å². The zero-order valence-electron chi connectivity index (χ0n) is 20.2. The van der Waals surface area contributed by atoms with Gasteiger partial charge in [0.1, 0.15) is 17.3 Å². The zero-order chi connectivity index (χ0) is 26.5. The van der Waals surface area contributed by atoms with Gasteiger partial charge in [0.2, 0.25) is 5.91 Å². The predicted molar refractivity (Wildman–Crippen MR) is 141 cm³/mol. The third-order valence-electron chi connectivity index (χ3n) is 6.31. The number of rotatable bonds is 7. The van der Waals surface area contributed by atoms with E-state index in [2.05, 4.69) is 41.7 Å². The van der Waals surface area contributed by atoms with Crippen molar-refractivity contribution in [1.82, 2.24) is 25.5 Å². The average molecular weight is 581 g/mol. The maximum absolute atomic E-state index is 13.1. The van der Waals surface area contributed by atoms with Crippen molar-refractivity contribution < 1.29 is 24.0 Å². The van der Waals surface area contributed by atoms with Gasteiger partial charge >= 0.3 is 6.09 Å². The first-order chi connectivity index (χ1) is 18.5. The lowest BCUT2D eigenvalue weighted by Crippen LogP contribution is -2.47. The summed E-state index contributed by atoms with van der Waals surface area (Å²) >= 11 is 3.27. The molecular formula is C26H25BrN6O5. The number of hydrogen-bond acceptors (Lipinski definition) is 8. The number of ether oxygens (including phenoxy) is 1. The lowest BCUT2D eigenvalue weighted by Gasteiger charge is -2.23. The number of likely N-dealkylation sites (tertiary alicyclic amines) is 1. The molecule has 2 N–H and O–H groups in total. The molecule has 3 atom stereocenters. The number of benzene rings is 1. The van der Waals surface area contributed by atoms with Crippen molar-refractivity contribution in [2.24, 2.45) is 5.16 Å². The van der Waals surface area contributed by atoms with Crippen molar-refractivity contribution >= 4 is 49.4 Å². The van der Waals surface area contributed by atoms with E-state index in [1.54, 1.807) is 24.5 Å². The van der Waals surface area contributed by atoms with Crippen molar-refractivity contribution in [3.63, 3.8) is 0 Å². The van der Waals surface area contributed by atoms with Gasteiger partial charge < -0.3 is 20.2 Å². The molecule has 5 rings (SSSR count). The Labute approximate surface area is 226 Å². The maximum Gasteiger partial charge on any atom is 0.410 e. The first-order valence-electron chi connectivity index (χ1n) is 12.1. The van der Waals surface area contributed by atoms with Gasteiger partial charge in [0, 0.05) is 48.5 Å². The van der Waals surface area contributed by atoms with Crippen molar-refractivity contribution in [3.8, 4) is 0 Å². The monoisotopic (exact) mass is 580 g/mol. The standard InChI is InChI=1S/C26H25BrN6O5/c27-23-10-20(38-32-23)13-30-25(35)22-9-19(31-24(34)18-5-3-7-28-12-18)14-33(22)26(36)37-15-16-8-17-4-1-2-6-21(17)29-11-16/h1-8,11-12,19-20,22H,9-10,13-15H2,(H,30,35)(H,31,34)/t19-,20?,22+/m1/s1. The van der Waals surface area contributed by atoms with Crippen LogP contribution in [0, 0.1) is 0 Å². The molecule has 196 valence electrons. The summed E-state index contributed by atoms with van der Waals surface area (Å²) in [7, 11) is 0. The molecule has 3 aromatic rings. The fraction of sp³-hybridized carbons (Fsp3) is 0.308. The summed E-state index contributed by atoms with van der Waals surface area (Å²) in [6.45, 7) is 0.343. The highest BCUT2D eigenvalue weighted by Crippen LogP contribution is 2.22. The Morgan fingerprint density at radius 2 is 2.03 bits per heavy atom. The number of halogens is 1. The van der Waals surface area contributed by atoms with E-state index < -0.39 is 18.2 Å². The number of pyridine rings is 2. The molecule has 0 aliphatic carbocycles. The van der Waals surface area contributed by atoms with Crippen molar-refractivity contribution in [2.45, 2.75) is 37.6 Å². The number of nitrogens with zero attached hydrogens (tertiary/aromatic N) is 4. The van der Waals surface area contributed by atoms with E-state index in [0.717, 1.165) is 16.5 Å². The minimum Gasteiger partial charge on any atom is -0.444 e. The molecule has 1 saturated heterocycles. The second-order valence-electron chi connectivity index (χ2n) is 9.05. The number of hydrogen-bond donors (Lipinski definition) is 2. The third kappa shape index (κ3) is 6.08. The molecule has 1 fully saturated rings. The first-order valence-corrected chi connectivity index (χ1v) is 12.9. The molecule has 2 aliphatic rings. The highest BCUT2D eigenvalue weighted by atomic mass is 79.9. The Balaban J connectivity index is 1.24. The van der Waals surface area contributed by atoms with Crippen LogP contribution in [0.3, 0.4) is 0 Å². The Morgan fingerprint density at radius 3 is 2.82 bits per heavy atom. The maximum atomic E-state index is 13.1. The number of para-hydroxylation sites is 1. The molecule has 1 unspecified atom stereocenters. The molecule has 3 amide bonds. The molecule has 0 bridgehead atoms. The van der Waals surface area contributed by atoms with Gasteiger partial charge in [-0.25, -0.2) is 4.79 Å². The van der Waals surface area contributed by atoms with E-state index in [-0.39, 0.29) is 44.0 Å². The van der Waals surface area contributed by atoms with Crippen LogP contribution in [0.15, 0.2) is 66.2 Å². The number of oxime groups is 1. The molecule has 38 heavy (non-hydrogen) atoms. The SMILES string of the molecule is O=C(N[C@@H]1C[C@@H](C(=O)NCC2CC(Br)=NO2)N(C(=O)OCc2cnc3ccccc3c2)C1)c1cccnc1. The summed E-state index contributed by atoms with van der Waals surface area (Å²) in [5.41, 5.74) is 1.96. The topological polar surface area (TPSA) is 135 Å². The minimum atomic E-state index is -0.831. The first kappa shape index (κ1) is 25.6. The van der Waals surface area contributed by atoms with Crippen LogP contribution >= 0.6 is 15.9 Å². The molecule has 1 aromatic carbocycles. The quantitative estimate of drug-likeness (QED) is 0.438. The van der Waals surface area contributed by atoms with Crippen LogP contribution < -0.4 is 10.6 Å². The number of amides is 3. The van der Waals surface area contributed by atoms with Gasteiger partial charge in [0.25, 0.3) is 5.91 Å². The van der Waals surface area contributed by atoms with E-state index in [9.17, 15) is 14.4 Å². The minimum absolute atomic E-state index is 0.00447. The third-order valence-corrected chi connectivity index (χ3v) is 6.78. The van der Waals surface area contributed by atoms with Gasteiger partial charge in [-0.15, -0.1) is 0 Å². The average Bonchev–Trinajstić information content (AvgIpc) is 3.56. The van der Waals surface area contributed by atoms with Gasteiger partial charge in [0.15, 0.2) is 6.10 Å². The fourth-order valence-electron chi connectivity index (χ4n) is 4.42. The van der Waals surface area contributed by atoms with Crippen LogP contribution in [-0.4, -0.2) is 68.7 Å². The number of carbonyl (C=O) groups is 3.